The van der Waals surface area contributed by atoms with E-state index in [1.54, 1.807) is 7.11 Å². The van der Waals surface area contributed by atoms with Crippen molar-refractivity contribution in [3.63, 3.8) is 0 Å². The number of nitrogens with one attached hydrogen (secondary N) is 1. The number of amides is 1. The third-order valence-electron chi connectivity index (χ3n) is 5.91. The number of aliphatic imine (C=N–C) groups is 1. The molecule has 31 heavy (non-hydrogen) atoms. The normalized spacial score (nSPS) is 20.5. The number of hydrogen-bond acceptors (Lipinski definition) is 4. The second-order valence-corrected chi connectivity index (χ2v) is 8.26. The van der Waals surface area contributed by atoms with Crippen LogP contribution in [0.3, 0.4) is 0 Å². The van der Waals surface area contributed by atoms with E-state index in [4.69, 9.17) is 9.73 Å². The molecule has 168 valence electrons. The number of carbonyl (C=O) groups excluding carboxylic acids is 1. The number of piperazine rings is 1. The Balaban J connectivity index is 1.93. The quantitative estimate of drug-likeness (QED) is 0.326. The minimum Gasteiger partial charge on any atom is -0.481 e. The van der Waals surface area contributed by atoms with Gasteiger partial charge in [-0.05, 0) is 56.9 Å². The van der Waals surface area contributed by atoms with Crippen molar-refractivity contribution in [3.8, 4) is 0 Å². The van der Waals surface area contributed by atoms with Crippen LogP contribution in [0.5, 0.6) is 0 Å². The molecule has 6 nitrogen and oxygen atoms in total. The van der Waals surface area contributed by atoms with Gasteiger partial charge >= 0.3 is 0 Å². The van der Waals surface area contributed by atoms with Gasteiger partial charge in [-0.15, -0.1) is 0 Å². The van der Waals surface area contributed by atoms with Crippen LogP contribution in [0.15, 0.2) is 52.9 Å². The van der Waals surface area contributed by atoms with E-state index in [0.29, 0.717) is 11.5 Å². The molecule has 0 radical (unpaired) electrons. The highest BCUT2D eigenvalue weighted by Gasteiger charge is 2.29. The lowest BCUT2D eigenvalue weighted by molar-refractivity contribution is -0.115. The molecule has 1 atom stereocenters. The monoisotopic (exact) mass is 424 g/mol. The molecular formula is C25H36N4O2. The minimum atomic E-state index is 0.0407. The summed E-state index contributed by atoms with van der Waals surface area (Å²) in [6, 6.07) is 8.40. The zero-order valence-corrected chi connectivity index (χ0v) is 19.4. The van der Waals surface area contributed by atoms with Gasteiger partial charge in [0.2, 0.25) is 5.88 Å². The van der Waals surface area contributed by atoms with Crippen molar-refractivity contribution in [2.24, 2.45) is 4.99 Å². The van der Waals surface area contributed by atoms with Crippen molar-refractivity contribution >= 4 is 17.4 Å². The molecule has 6 heteroatoms. The second kappa shape index (κ2) is 11.1. The first-order valence-electron chi connectivity index (χ1n) is 11.4. The van der Waals surface area contributed by atoms with Crippen LogP contribution in [0.25, 0.3) is 0 Å². The van der Waals surface area contributed by atoms with Gasteiger partial charge in [0.15, 0.2) is 0 Å². The second-order valence-electron chi connectivity index (χ2n) is 8.26. The first kappa shape index (κ1) is 23.1. The molecule has 0 spiro atoms. The van der Waals surface area contributed by atoms with Gasteiger partial charge in [0.25, 0.3) is 5.91 Å². The largest absolute Gasteiger partial charge is 0.481 e. The Morgan fingerprint density at radius 1 is 1.29 bits per heavy atom. The lowest BCUT2D eigenvalue weighted by Gasteiger charge is -2.36. The van der Waals surface area contributed by atoms with E-state index in [1.807, 2.05) is 36.1 Å². The van der Waals surface area contributed by atoms with Gasteiger partial charge < -0.3 is 19.9 Å². The van der Waals surface area contributed by atoms with E-state index >= 15 is 0 Å². The third-order valence-corrected chi connectivity index (χ3v) is 5.91. The lowest BCUT2D eigenvalue weighted by atomic mass is 9.96. The van der Waals surface area contributed by atoms with Gasteiger partial charge in [-0.25, -0.2) is 0 Å². The summed E-state index contributed by atoms with van der Waals surface area (Å²) in [5.41, 5.74) is 2.95. The first-order chi connectivity index (χ1) is 15.0. The fraction of sp³-hybridized carbons (Fsp3) is 0.520. The number of allylic oxidation sites excluding steroid dienone is 1. The number of anilines is 1. The van der Waals surface area contributed by atoms with Gasteiger partial charge in [-0.2, -0.15) is 4.99 Å². The molecule has 2 aliphatic rings. The number of aryl methyl sites for hydroxylation is 1. The topological polar surface area (TPSA) is 57.2 Å². The predicted molar refractivity (Wildman–Crippen MR) is 127 cm³/mol. The molecule has 2 aliphatic heterocycles. The van der Waals surface area contributed by atoms with Crippen LogP contribution in [0.1, 0.15) is 45.6 Å². The summed E-state index contributed by atoms with van der Waals surface area (Å²) in [5, 5.41) is 3.38. The van der Waals surface area contributed by atoms with E-state index < -0.39 is 0 Å². The maximum absolute atomic E-state index is 13.5. The maximum atomic E-state index is 13.5. The standard InChI is InChI=1S/C25H36N4O2/c1-5-6-11-24(31-4)27-23(28-16-14-26-15-17-28)18-19(2)25(30)29-20(3)12-13-21-9-7-8-10-22(21)29/h7-11,18,20,26H,5-6,12-17H2,1-4H3/b19-18+,24-11-,27-23+. The smallest absolute Gasteiger partial charge is 0.254 e. The molecular weight excluding hydrogens is 388 g/mol. The number of methoxy groups -OCH3 is 1. The SMILES string of the molecule is CCC/C=C(/N=C(\C=C(/C)C(=O)N1c2ccccc2CCC1C)N1CCNCC1)OC. The van der Waals surface area contributed by atoms with Crippen molar-refractivity contribution in [3.05, 3.63) is 53.4 Å². The number of amidine groups is 1. The number of para-hydroxylation sites is 1. The van der Waals surface area contributed by atoms with Crippen molar-refractivity contribution in [1.29, 1.82) is 0 Å². The summed E-state index contributed by atoms with van der Waals surface area (Å²) >= 11 is 0. The van der Waals surface area contributed by atoms with Crippen LogP contribution in [-0.2, 0) is 16.0 Å². The maximum Gasteiger partial charge on any atom is 0.254 e. The number of carbonyl (C=O) groups is 1. The summed E-state index contributed by atoms with van der Waals surface area (Å²) in [7, 11) is 1.65. The van der Waals surface area contributed by atoms with Crippen LogP contribution >= 0.6 is 0 Å². The lowest BCUT2D eigenvalue weighted by Crippen LogP contribution is -2.46. The Hall–Kier alpha value is -2.60. The van der Waals surface area contributed by atoms with Gasteiger partial charge in [0, 0.05) is 43.5 Å². The Bertz CT molecular complexity index is 853. The average molecular weight is 425 g/mol. The Labute approximate surface area is 186 Å². The number of rotatable bonds is 6. The number of fused-ring (bicyclic) bond motifs is 1. The van der Waals surface area contributed by atoms with Crippen molar-refractivity contribution < 1.29 is 9.53 Å². The summed E-state index contributed by atoms with van der Waals surface area (Å²) in [6.45, 7) is 9.66. The van der Waals surface area contributed by atoms with Gasteiger partial charge in [0.05, 0.1) is 7.11 Å². The van der Waals surface area contributed by atoms with E-state index in [2.05, 4.69) is 36.2 Å². The molecule has 0 bridgehead atoms. The molecule has 1 unspecified atom stereocenters. The highest BCUT2D eigenvalue weighted by atomic mass is 16.5. The zero-order valence-electron chi connectivity index (χ0n) is 19.4. The molecule has 0 aromatic heterocycles. The molecule has 0 saturated carbocycles. The fourth-order valence-corrected chi connectivity index (χ4v) is 4.09. The Morgan fingerprint density at radius 2 is 2.03 bits per heavy atom. The molecule has 3 rings (SSSR count). The predicted octanol–water partition coefficient (Wildman–Crippen LogP) is 3.89. The average Bonchev–Trinajstić information content (AvgIpc) is 2.81. The highest BCUT2D eigenvalue weighted by molar-refractivity contribution is 6.10. The fourth-order valence-electron chi connectivity index (χ4n) is 4.09. The van der Waals surface area contributed by atoms with Crippen LogP contribution < -0.4 is 10.2 Å². The molecule has 1 saturated heterocycles. The van der Waals surface area contributed by atoms with Crippen molar-refractivity contribution in [2.45, 2.75) is 52.5 Å². The highest BCUT2D eigenvalue weighted by Crippen LogP contribution is 2.31. The molecule has 2 heterocycles. The molecule has 0 aliphatic carbocycles. The summed E-state index contributed by atoms with van der Waals surface area (Å²) < 4.78 is 5.50. The molecule has 1 amide bonds. The van der Waals surface area contributed by atoms with Crippen LogP contribution in [0, 0.1) is 0 Å². The number of hydrogen-bond donors (Lipinski definition) is 1. The zero-order chi connectivity index (χ0) is 22.2. The van der Waals surface area contributed by atoms with E-state index in [9.17, 15) is 4.79 Å². The minimum absolute atomic E-state index is 0.0407. The molecule has 1 N–H and O–H groups in total. The Morgan fingerprint density at radius 3 is 2.74 bits per heavy atom. The van der Waals surface area contributed by atoms with Gasteiger partial charge in [-0.1, -0.05) is 31.5 Å². The number of benzene rings is 1. The molecule has 1 aromatic rings. The number of unbranched alkanes of at least 4 members (excludes halogenated alkanes) is 1. The Kier molecular flexibility index (Phi) is 8.29. The van der Waals surface area contributed by atoms with Crippen LogP contribution in [-0.4, -0.2) is 56.0 Å². The number of nitrogens with zero attached hydrogens (tertiary/aromatic N) is 3. The van der Waals surface area contributed by atoms with E-state index in [0.717, 1.165) is 63.4 Å². The van der Waals surface area contributed by atoms with E-state index in [-0.39, 0.29) is 11.9 Å². The van der Waals surface area contributed by atoms with Gasteiger partial charge in [0.1, 0.15) is 5.84 Å². The number of ether oxygens (including phenoxy) is 1. The van der Waals surface area contributed by atoms with Crippen molar-refractivity contribution in [1.82, 2.24) is 10.2 Å². The van der Waals surface area contributed by atoms with Crippen LogP contribution in [0.4, 0.5) is 5.69 Å². The third kappa shape index (κ3) is 5.76. The van der Waals surface area contributed by atoms with Gasteiger partial charge in [-0.3, -0.25) is 4.79 Å². The molecule has 1 aromatic carbocycles. The first-order valence-corrected chi connectivity index (χ1v) is 11.4. The van der Waals surface area contributed by atoms with E-state index in [1.165, 1.54) is 5.56 Å². The van der Waals surface area contributed by atoms with Crippen LogP contribution in [0.2, 0.25) is 0 Å². The van der Waals surface area contributed by atoms with Crippen molar-refractivity contribution in [2.75, 3.05) is 38.2 Å². The summed E-state index contributed by atoms with van der Waals surface area (Å²) in [6.07, 6.45) is 7.86. The molecule has 1 fully saturated rings. The summed E-state index contributed by atoms with van der Waals surface area (Å²) in [5.74, 6) is 1.43. The summed E-state index contributed by atoms with van der Waals surface area (Å²) in [4.78, 5) is 22.5.